The number of hydrogen-bond acceptors (Lipinski definition) is 5. The summed E-state index contributed by atoms with van der Waals surface area (Å²) in [6.07, 6.45) is 38.6. The first-order chi connectivity index (χ1) is 20.6. The molecule has 0 aliphatic heterocycles. The van der Waals surface area contributed by atoms with Crippen molar-refractivity contribution in [1.82, 2.24) is 0 Å². The third kappa shape index (κ3) is 33.8. The third-order valence-electron chi connectivity index (χ3n) is 8.32. The molecule has 0 spiro atoms. The van der Waals surface area contributed by atoms with Crippen molar-refractivity contribution < 1.29 is 36.4 Å². The molecule has 0 unspecified atom stereocenters. The smallest absolute Gasteiger partial charge is 0.0654 e. The van der Waals surface area contributed by atoms with Crippen LogP contribution in [0.1, 0.15) is 219 Å². The van der Waals surface area contributed by atoms with Gasteiger partial charge < -0.3 is 0 Å². The Morgan fingerprint density at radius 3 is 0.762 bits per heavy atom. The first kappa shape index (κ1) is 41.3. The molecule has 0 fully saturated rings. The Morgan fingerprint density at radius 2 is 0.548 bits per heavy atom. The summed E-state index contributed by atoms with van der Waals surface area (Å²) in [6, 6.07) is 0. The zero-order valence-corrected chi connectivity index (χ0v) is 29.5. The molecule has 0 aromatic carbocycles. The second-order valence-corrected chi connectivity index (χ2v) is 13.8. The molecule has 0 heterocycles. The number of carbonyl (C=O) groups excluding carboxylic acids is 2. The minimum atomic E-state index is -3.53. The standard InChI is InChI=1S/2C18H36O2.O.V/c2*1-2-3-4-5-6-7-8-9-10-11-12-13-14-15-16-17-18(19)20;;/h2*2-17H2,1H3,(H,19,20);;/q;;;+2/p-2. The average Bonchev–Trinajstić information content (AvgIpc) is 2.97. The number of hydrogen-bond donors (Lipinski definition) is 0. The maximum absolute atomic E-state index is 11.9. The van der Waals surface area contributed by atoms with Gasteiger partial charge in [-0.05, 0) is 0 Å². The van der Waals surface area contributed by atoms with E-state index in [9.17, 15) is 13.3 Å². The fraction of sp³-hybridized carbons (Fsp3) is 0.944. The maximum atomic E-state index is 11.9. The number of carbonyl (C=O) groups is 2. The normalized spacial score (nSPS) is 11.1. The Kier molecular flexibility index (Phi) is 34.3. The molecule has 0 aliphatic rings. The van der Waals surface area contributed by atoms with E-state index < -0.39 is 27.7 Å². The summed E-state index contributed by atoms with van der Waals surface area (Å²) >= 11 is -3.53. The van der Waals surface area contributed by atoms with Gasteiger partial charge in [0.15, 0.2) is 0 Å². The van der Waals surface area contributed by atoms with Crippen molar-refractivity contribution in [1.29, 1.82) is 0 Å². The number of unbranched alkanes of at least 4 members (excludes halogenated alkanes) is 28. The predicted molar refractivity (Wildman–Crippen MR) is 172 cm³/mol. The Hall–Kier alpha value is -0.676. The van der Waals surface area contributed by atoms with Gasteiger partial charge in [-0.25, -0.2) is 0 Å². The molecule has 0 aromatic rings. The first-order valence-corrected chi connectivity index (χ1v) is 20.2. The molecule has 0 rings (SSSR count). The average molecular weight is 634 g/mol. The van der Waals surface area contributed by atoms with E-state index in [1.54, 1.807) is 0 Å². The van der Waals surface area contributed by atoms with E-state index in [4.69, 9.17) is 7.32 Å². The summed E-state index contributed by atoms with van der Waals surface area (Å²) in [6.45, 7) is 4.53. The Bertz CT molecular complexity index is 560. The van der Waals surface area contributed by atoms with Crippen LogP contribution in [0.2, 0.25) is 0 Å². The molecule has 42 heavy (non-hydrogen) atoms. The van der Waals surface area contributed by atoms with Gasteiger partial charge in [0.25, 0.3) is 0 Å². The van der Waals surface area contributed by atoms with E-state index in [2.05, 4.69) is 13.8 Å². The van der Waals surface area contributed by atoms with Gasteiger partial charge in [-0.2, -0.15) is 0 Å². The minimum absolute atomic E-state index is 0.252. The minimum Gasteiger partial charge on any atom is -0.0654 e. The van der Waals surface area contributed by atoms with Crippen molar-refractivity contribution in [3.05, 3.63) is 0 Å². The molecule has 0 saturated heterocycles. The summed E-state index contributed by atoms with van der Waals surface area (Å²) in [5.41, 5.74) is 0. The molecule has 5 nitrogen and oxygen atoms in total. The molecular weight excluding hydrogens is 563 g/mol. The van der Waals surface area contributed by atoms with Gasteiger partial charge in [-0.15, -0.1) is 0 Å². The van der Waals surface area contributed by atoms with Gasteiger partial charge in [0.05, 0.1) is 0 Å². The van der Waals surface area contributed by atoms with Gasteiger partial charge in [0.2, 0.25) is 0 Å². The van der Waals surface area contributed by atoms with Crippen LogP contribution in [-0.2, 0) is 36.4 Å². The molecule has 0 aromatic heterocycles. The Balaban J connectivity index is 3.40. The van der Waals surface area contributed by atoms with Crippen LogP contribution in [0.3, 0.4) is 0 Å². The van der Waals surface area contributed by atoms with Crippen LogP contribution in [0.4, 0.5) is 0 Å². The topological polar surface area (TPSA) is 69.7 Å². The van der Waals surface area contributed by atoms with Crippen molar-refractivity contribution in [3.63, 3.8) is 0 Å². The van der Waals surface area contributed by atoms with Crippen molar-refractivity contribution in [2.75, 3.05) is 0 Å². The second kappa shape index (κ2) is 34.8. The van der Waals surface area contributed by atoms with Crippen LogP contribution >= 0.6 is 0 Å². The van der Waals surface area contributed by atoms with Crippen LogP contribution in [0, 0.1) is 0 Å². The number of rotatable bonds is 34. The zero-order chi connectivity index (χ0) is 30.8. The van der Waals surface area contributed by atoms with Crippen molar-refractivity contribution in [3.8, 4) is 0 Å². The Labute approximate surface area is 266 Å². The second-order valence-electron chi connectivity index (χ2n) is 12.5. The summed E-state index contributed by atoms with van der Waals surface area (Å²) in [5, 5.41) is 0. The van der Waals surface area contributed by atoms with Crippen LogP contribution in [0.5, 0.6) is 0 Å². The van der Waals surface area contributed by atoms with Crippen molar-refractivity contribution in [2.45, 2.75) is 219 Å². The molecule has 0 amide bonds. The van der Waals surface area contributed by atoms with Crippen LogP contribution in [0.15, 0.2) is 0 Å². The fourth-order valence-electron chi connectivity index (χ4n) is 5.56. The van der Waals surface area contributed by atoms with E-state index in [0.717, 1.165) is 38.5 Å². The van der Waals surface area contributed by atoms with Crippen LogP contribution in [-0.4, -0.2) is 11.9 Å². The van der Waals surface area contributed by atoms with Crippen molar-refractivity contribution in [2.24, 2.45) is 0 Å². The van der Waals surface area contributed by atoms with Crippen LogP contribution in [0.25, 0.3) is 0 Å². The molecule has 0 bridgehead atoms. The van der Waals surface area contributed by atoms with Gasteiger partial charge in [-0.1, -0.05) is 90.9 Å². The third-order valence-corrected chi connectivity index (χ3v) is 9.42. The van der Waals surface area contributed by atoms with Gasteiger partial charge in [0.1, 0.15) is 0 Å². The van der Waals surface area contributed by atoms with E-state index in [-0.39, 0.29) is 12.8 Å². The summed E-state index contributed by atoms with van der Waals surface area (Å²) in [4.78, 5) is 23.8. The summed E-state index contributed by atoms with van der Waals surface area (Å²) < 4.78 is 21.7. The Morgan fingerprint density at radius 1 is 0.357 bits per heavy atom. The van der Waals surface area contributed by atoms with Gasteiger partial charge in [0, 0.05) is 0 Å². The molecule has 0 radical (unpaired) electrons. The molecule has 0 atom stereocenters. The van der Waals surface area contributed by atoms with E-state index in [1.807, 2.05) is 0 Å². The molecule has 0 saturated carbocycles. The molecular formula is C36H70O5V. The molecule has 249 valence electrons. The molecule has 6 heteroatoms. The van der Waals surface area contributed by atoms with E-state index in [0.29, 0.717) is 0 Å². The SMILES string of the molecule is CCCCCCCCCCCCCCCCCC(=O)[O][V](=[O])[O]C(=O)CCCCCCCCCCCCCCCCC. The molecule has 0 aliphatic carbocycles. The van der Waals surface area contributed by atoms with Crippen LogP contribution < -0.4 is 0 Å². The quantitative estimate of drug-likeness (QED) is 0.0659. The zero-order valence-electron chi connectivity index (χ0n) is 28.1. The van der Waals surface area contributed by atoms with Gasteiger partial charge in [-0.3, -0.25) is 0 Å². The predicted octanol–water partition coefficient (Wildman–Crippen LogP) is 12.4. The monoisotopic (exact) mass is 633 g/mol. The van der Waals surface area contributed by atoms with Crippen molar-refractivity contribution >= 4 is 11.9 Å². The molecule has 0 N–H and O–H groups in total. The van der Waals surface area contributed by atoms with E-state index in [1.165, 1.54) is 154 Å². The summed E-state index contributed by atoms with van der Waals surface area (Å²) in [5.74, 6) is -1.00. The fourth-order valence-corrected chi connectivity index (χ4v) is 6.42. The summed E-state index contributed by atoms with van der Waals surface area (Å²) in [7, 11) is 0. The van der Waals surface area contributed by atoms with Gasteiger partial charge >= 0.3 is 177 Å². The van der Waals surface area contributed by atoms with E-state index >= 15 is 0 Å². The first-order valence-electron chi connectivity index (χ1n) is 18.5.